The van der Waals surface area contributed by atoms with Crippen molar-refractivity contribution in [1.29, 1.82) is 0 Å². The highest BCUT2D eigenvalue weighted by Gasteiger charge is 2.21. The van der Waals surface area contributed by atoms with Gasteiger partial charge in [-0.15, -0.1) is 0 Å². The van der Waals surface area contributed by atoms with Crippen molar-refractivity contribution in [2.24, 2.45) is 0 Å². The summed E-state index contributed by atoms with van der Waals surface area (Å²) in [7, 11) is 4.01. The molecule has 3 heterocycles. The summed E-state index contributed by atoms with van der Waals surface area (Å²) < 4.78 is 0. The Morgan fingerprint density at radius 2 is 1.57 bits per heavy atom. The Labute approximate surface area is 178 Å². The third-order valence-corrected chi connectivity index (χ3v) is 5.19. The molecule has 1 aliphatic rings. The van der Waals surface area contributed by atoms with Gasteiger partial charge in [-0.2, -0.15) is 9.97 Å². The summed E-state index contributed by atoms with van der Waals surface area (Å²) in [5.74, 6) is 3.48. The number of hydrogen-bond acceptors (Lipinski definition) is 7. The summed E-state index contributed by atoms with van der Waals surface area (Å²) in [4.78, 5) is 20.7. The van der Waals surface area contributed by atoms with Gasteiger partial charge in [0.25, 0.3) is 0 Å². The molecule has 1 aromatic carbocycles. The Kier molecular flexibility index (Phi) is 5.70. The lowest BCUT2D eigenvalue weighted by Crippen LogP contribution is -2.47. The molecule has 0 radical (unpaired) electrons. The lowest BCUT2D eigenvalue weighted by molar-refractivity contribution is 0.635. The van der Waals surface area contributed by atoms with Crippen molar-refractivity contribution in [3.63, 3.8) is 0 Å². The monoisotopic (exact) mass is 403 g/mol. The standard InChI is InChI=1S/C23H29N7/c1-17-13-18(2)15-19(14-17)25-20-16-22(28(3)4)27-23(26-20)30-11-9-29(10-12-30)21-7-5-6-8-24-21/h5-8,13-16H,9-12H2,1-4H3,(H,25,26,27). The number of rotatable bonds is 5. The summed E-state index contributed by atoms with van der Waals surface area (Å²) >= 11 is 0. The van der Waals surface area contributed by atoms with E-state index in [0.717, 1.165) is 55.3 Å². The van der Waals surface area contributed by atoms with E-state index in [4.69, 9.17) is 9.97 Å². The van der Waals surface area contributed by atoms with Gasteiger partial charge in [-0.3, -0.25) is 0 Å². The van der Waals surface area contributed by atoms with Crippen LogP contribution < -0.4 is 20.0 Å². The molecule has 4 rings (SSSR count). The molecule has 156 valence electrons. The minimum absolute atomic E-state index is 0.758. The van der Waals surface area contributed by atoms with Crippen LogP contribution in [0.25, 0.3) is 0 Å². The normalized spacial score (nSPS) is 14.0. The van der Waals surface area contributed by atoms with E-state index in [1.54, 1.807) is 0 Å². The molecular weight excluding hydrogens is 374 g/mol. The summed E-state index contributed by atoms with van der Waals surface area (Å²) in [6.45, 7) is 7.72. The van der Waals surface area contributed by atoms with Crippen molar-refractivity contribution < 1.29 is 0 Å². The largest absolute Gasteiger partial charge is 0.363 e. The number of anilines is 5. The molecule has 0 aliphatic carbocycles. The van der Waals surface area contributed by atoms with Crippen LogP contribution in [0.4, 0.5) is 29.1 Å². The number of nitrogens with zero attached hydrogens (tertiary/aromatic N) is 6. The third-order valence-electron chi connectivity index (χ3n) is 5.19. The molecule has 0 amide bonds. The second-order valence-corrected chi connectivity index (χ2v) is 7.97. The molecule has 1 saturated heterocycles. The minimum atomic E-state index is 0.758. The van der Waals surface area contributed by atoms with Crippen LogP contribution in [0.3, 0.4) is 0 Å². The Morgan fingerprint density at radius 1 is 0.867 bits per heavy atom. The van der Waals surface area contributed by atoms with E-state index >= 15 is 0 Å². The van der Waals surface area contributed by atoms with E-state index in [2.05, 4.69) is 58.2 Å². The number of benzene rings is 1. The molecule has 0 atom stereocenters. The lowest BCUT2D eigenvalue weighted by atomic mass is 10.1. The molecule has 0 saturated carbocycles. The van der Waals surface area contributed by atoms with Crippen molar-refractivity contribution in [1.82, 2.24) is 15.0 Å². The molecule has 30 heavy (non-hydrogen) atoms. The zero-order valence-electron chi connectivity index (χ0n) is 18.1. The van der Waals surface area contributed by atoms with Crippen molar-refractivity contribution >= 4 is 29.1 Å². The van der Waals surface area contributed by atoms with Crippen LogP contribution in [0, 0.1) is 13.8 Å². The van der Waals surface area contributed by atoms with E-state index in [9.17, 15) is 0 Å². The van der Waals surface area contributed by atoms with Crippen molar-refractivity contribution in [2.75, 3.05) is 60.3 Å². The zero-order chi connectivity index (χ0) is 21.1. The SMILES string of the molecule is Cc1cc(C)cc(Nc2cc(N(C)C)nc(N3CCN(c4ccccn4)CC3)n2)c1. The molecular formula is C23H29N7. The average Bonchev–Trinajstić information content (AvgIpc) is 2.73. The van der Waals surface area contributed by atoms with Gasteiger partial charge in [0.2, 0.25) is 5.95 Å². The van der Waals surface area contributed by atoms with Gasteiger partial charge in [0, 0.05) is 58.2 Å². The highest BCUT2D eigenvalue weighted by molar-refractivity contribution is 5.63. The van der Waals surface area contributed by atoms with Gasteiger partial charge in [0.05, 0.1) is 0 Å². The molecule has 0 unspecified atom stereocenters. The predicted molar refractivity (Wildman–Crippen MR) is 124 cm³/mol. The van der Waals surface area contributed by atoms with Crippen LogP contribution in [0.15, 0.2) is 48.7 Å². The van der Waals surface area contributed by atoms with Crippen LogP contribution in [0.2, 0.25) is 0 Å². The van der Waals surface area contributed by atoms with Crippen molar-refractivity contribution in [3.05, 3.63) is 59.8 Å². The Balaban J connectivity index is 1.54. The van der Waals surface area contributed by atoms with E-state index in [0.29, 0.717) is 0 Å². The van der Waals surface area contributed by atoms with Crippen LogP contribution in [-0.4, -0.2) is 55.2 Å². The average molecular weight is 404 g/mol. The molecule has 1 fully saturated rings. The second kappa shape index (κ2) is 8.57. The quantitative estimate of drug-likeness (QED) is 0.698. The highest BCUT2D eigenvalue weighted by atomic mass is 15.3. The maximum absolute atomic E-state index is 4.83. The first-order valence-electron chi connectivity index (χ1n) is 10.3. The number of hydrogen-bond donors (Lipinski definition) is 1. The fraction of sp³-hybridized carbons (Fsp3) is 0.348. The molecule has 2 aromatic heterocycles. The van der Waals surface area contributed by atoms with Crippen LogP contribution in [-0.2, 0) is 0 Å². The molecule has 0 bridgehead atoms. The smallest absolute Gasteiger partial charge is 0.229 e. The second-order valence-electron chi connectivity index (χ2n) is 7.97. The van der Waals surface area contributed by atoms with Crippen LogP contribution in [0.5, 0.6) is 0 Å². The Bertz CT molecular complexity index is 975. The zero-order valence-corrected chi connectivity index (χ0v) is 18.1. The van der Waals surface area contributed by atoms with Crippen LogP contribution >= 0.6 is 0 Å². The Hall–Kier alpha value is -3.35. The fourth-order valence-electron chi connectivity index (χ4n) is 3.73. The number of pyridine rings is 1. The Morgan fingerprint density at radius 3 is 2.20 bits per heavy atom. The van der Waals surface area contributed by atoms with Gasteiger partial charge in [0.15, 0.2) is 0 Å². The first-order chi connectivity index (χ1) is 14.5. The molecule has 1 aliphatic heterocycles. The van der Waals surface area contributed by atoms with Crippen molar-refractivity contribution in [3.8, 4) is 0 Å². The first kappa shape index (κ1) is 19.9. The molecule has 1 N–H and O–H groups in total. The minimum Gasteiger partial charge on any atom is -0.363 e. The number of aryl methyl sites for hydroxylation is 2. The third kappa shape index (κ3) is 4.62. The molecule has 3 aromatic rings. The predicted octanol–water partition coefficient (Wildman–Crippen LogP) is 3.62. The van der Waals surface area contributed by atoms with E-state index in [-0.39, 0.29) is 0 Å². The van der Waals surface area contributed by atoms with Crippen molar-refractivity contribution in [2.45, 2.75) is 13.8 Å². The number of aromatic nitrogens is 3. The maximum Gasteiger partial charge on any atom is 0.229 e. The van der Waals surface area contributed by atoms with Gasteiger partial charge < -0.3 is 20.0 Å². The maximum atomic E-state index is 4.83. The summed E-state index contributed by atoms with van der Waals surface area (Å²) in [6.07, 6.45) is 1.84. The number of nitrogens with one attached hydrogen (secondary N) is 1. The molecule has 0 spiro atoms. The summed E-state index contributed by atoms with van der Waals surface area (Å²) in [5.41, 5.74) is 3.50. The highest BCUT2D eigenvalue weighted by Crippen LogP contribution is 2.25. The van der Waals surface area contributed by atoms with Gasteiger partial charge >= 0.3 is 0 Å². The fourth-order valence-corrected chi connectivity index (χ4v) is 3.73. The van der Waals surface area contributed by atoms with E-state index in [1.807, 2.05) is 43.4 Å². The van der Waals surface area contributed by atoms with Gasteiger partial charge in [-0.25, -0.2) is 4.98 Å². The number of piperazine rings is 1. The molecule has 7 heteroatoms. The van der Waals surface area contributed by atoms with Gasteiger partial charge in [0.1, 0.15) is 17.5 Å². The van der Waals surface area contributed by atoms with E-state index in [1.165, 1.54) is 11.1 Å². The summed E-state index contributed by atoms with van der Waals surface area (Å²) in [6, 6.07) is 14.5. The topological polar surface area (TPSA) is 60.4 Å². The first-order valence-corrected chi connectivity index (χ1v) is 10.3. The van der Waals surface area contributed by atoms with Crippen LogP contribution in [0.1, 0.15) is 11.1 Å². The lowest BCUT2D eigenvalue weighted by Gasteiger charge is -2.35. The van der Waals surface area contributed by atoms with Gasteiger partial charge in [-0.1, -0.05) is 12.1 Å². The van der Waals surface area contributed by atoms with E-state index < -0.39 is 0 Å². The van der Waals surface area contributed by atoms with Gasteiger partial charge in [-0.05, 0) is 49.2 Å². The molecule has 7 nitrogen and oxygen atoms in total. The summed E-state index contributed by atoms with van der Waals surface area (Å²) in [5, 5.41) is 3.47.